The van der Waals surface area contributed by atoms with Crippen molar-refractivity contribution in [2.24, 2.45) is 0 Å². The molecule has 0 fully saturated rings. The molecule has 4 N–H and O–H groups in total. The lowest BCUT2D eigenvalue weighted by atomic mass is 10.2. The molecule has 0 radical (unpaired) electrons. The lowest BCUT2D eigenvalue weighted by Crippen LogP contribution is -2.17. The van der Waals surface area contributed by atoms with Crippen LogP contribution < -0.4 is 15.6 Å². The highest BCUT2D eigenvalue weighted by Gasteiger charge is 2.16. The Morgan fingerprint density at radius 1 is 1.03 bits per heavy atom. The minimum absolute atomic E-state index is 0.200. The molecule has 170 valence electrons. The van der Waals surface area contributed by atoms with Gasteiger partial charge in [0.05, 0.1) is 19.4 Å². The van der Waals surface area contributed by atoms with Crippen molar-refractivity contribution in [1.82, 2.24) is 14.9 Å². The van der Waals surface area contributed by atoms with Crippen LogP contribution in [-0.2, 0) is 12.3 Å². The van der Waals surface area contributed by atoms with Crippen molar-refractivity contribution in [2.75, 3.05) is 12.5 Å². The van der Waals surface area contributed by atoms with Gasteiger partial charge in [0.15, 0.2) is 23.1 Å². The number of phenols is 2. The van der Waals surface area contributed by atoms with Gasteiger partial charge < -0.3 is 29.9 Å². The monoisotopic (exact) mass is 468 g/mol. The van der Waals surface area contributed by atoms with E-state index in [9.17, 15) is 20.1 Å². The van der Waals surface area contributed by atoms with Gasteiger partial charge in [-0.3, -0.25) is 4.79 Å². The number of nitrogens with one attached hydrogen (secondary N) is 1. The van der Waals surface area contributed by atoms with E-state index >= 15 is 0 Å². The molecule has 4 aromatic rings. The molecule has 0 aliphatic rings. The van der Waals surface area contributed by atoms with Crippen molar-refractivity contribution in [1.29, 1.82) is 0 Å². The Labute approximate surface area is 192 Å². The molecule has 2 aromatic heterocycles. The predicted molar refractivity (Wildman–Crippen MR) is 121 cm³/mol. The second kappa shape index (κ2) is 9.57. The van der Waals surface area contributed by atoms with Crippen molar-refractivity contribution in [3.8, 4) is 34.4 Å². The molecule has 0 unspecified atom stereocenters. The summed E-state index contributed by atoms with van der Waals surface area (Å²) in [6.07, 6.45) is 1.00. The zero-order chi connectivity index (χ0) is 23.4. The molecule has 0 atom stereocenters. The van der Waals surface area contributed by atoms with Crippen LogP contribution >= 0.6 is 11.8 Å². The molecule has 0 amide bonds. The zero-order valence-corrected chi connectivity index (χ0v) is 18.2. The topological polar surface area (TPSA) is 143 Å². The Kier molecular flexibility index (Phi) is 6.41. The number of hydrogen-bond donors (Lipinski definition) is 4. The molecule has 10 nitrogen and oxygen atoms in total. The number of phenolic OH excluding ortho intramolecular Hbond substituents is 2. The third-order valence-electron chi connectivity index (χ3n) is 4.67. The maximum Gasteiger partial charge on any atom is 0.226 e. The van der Waals surface area contributed by atoms with E-state index < -0.39 is 11.2 Å². The number of benzene rings is 2. The largest absolute Gasteiger partial charge is 0.504 e. The normalized spacial score (nSPS) is 10.8. The van der Waals surface area contributed by atoms with E-state index in [1.54, 1.807) is 17.9 Å². The molecule has 0 saturated carbocycles. The van der Waals surface area contributed by atoms with Gasteiger partial charge in [-0.2, -0.15) is 0 Å². The summed E-state index contributed by atoms with van der Waals surface area (Å²) in [5.41, 5.74) is 4.20. The summed E-state index contributed by atoms with van der Waals surface area (Å²) in [7, 11) is 1.59. The predicted octanol–water partition coefficient (Wildman–Crippen LogP) is 3.06. The van der Waals surface area contributed by atoms with E-state index in [4.69, 9.17) is 9.15 Å². The van der Waals surface area contributed by atoms with Crippen LogP contribution in [0.2, 0.25) is 0 Å². The van der Waals surface area contributed by atoms with Gasteiger partial charge in [-0.25, -0.2) is 4.68 Å². The van der Waals surface area contributed by atoms with Gasteiger partial charge in [0.25, 0.3) is 0 Å². The summed E-state index contributed by atoms with van der Waals surface area (Å²) in [6, 6.07) is 13.1. The lowest BCUT2D eigenvalue weighted by molar-refractivity contribution is 0.403. The van der Waals surface area contributed by atoms with E-state index in [1.165, 1.54) is 30.0 Å². The zero-order valence-electron chi connectivity index (χ0n) is 17.4. The number of methoxy groups -OCH3 is 1. The van der Waals surface area contributed by atoms with Crippen LogP contribution in [0.15, 0.2) is 69.2 Å². The number of aromatic nitrogens is 3. The second-order valence-corrected chi connectivity index (χ2v) is 7.86. The first-order valence-electron chi connectivity index (χ1n) is 9.72. The van der Waals surface area contributed by atoms with Gasteiger partial charge in [-0.15, -0.1) is 10.2 Å². The third-order valence-corrected chi connectivity index (χ3v) is 5.62. The third kappa shape index (κ3) is 5.04. The van der Waals surface area contributed by atoms with Crippen molar-refractivity contribution in [2.45, 2.75) is 17.5 Å². The molecule has 4 rings (SSSR count). The summed E-state index contributed by atoms with van der Waals surface area (Å²) in [5, 5.41) is 37.7. The van der Waals surface area contributed by atoms with Gasteiger partial charge in [0, 0.05) is 11.6 Å². The minimum atomic E-state index is -0.525. The summed E-state index contributed by atoms with van der Waals surface area (Å²) >= 11 is 1.28. The molecule has 0 aliphatic carbocycles. The smallest absolute Gasteiger partial charge is 0.226 e. The van der Waals surface area contributed by atoms with Crippen molar-refractivity contribution in [3.63, 3.8) is 0 Å². The van der Waals surface area contributed by atoms with Crippen LogP contribution in [0.1, 0.15) is 11.3 Å². The van der Waals surface area contributed by atoms with E-state index in [-0.39, 0.29) is 17.3 Å². The lowest BCUT2D eigenvalue weighted by Gasteiger charge is -2.13. The molecule has 2 aromatic carbocycles. The number of nitrogens with zero attached hydrogens (tertiary/aromatic N) is 3. The first-order valence-corrected chi connectivity index (χ1v) is 10.7. The highest BCUT2D eigenvalue weighted by Crippen LogP contribution is 2.28. The molecule has 0 spiro atoms. The first-order chi connectivity index (χ1) is 15.9. The average molecular weight is 468 g/mol. The Balaban J connectivity index is 1.61. The van der Waals surface area contributed by atoms with E-state index in [0.29, 0.717) is 29.0 Å². The van der Waals surface area contributed by atoms with E-state index in [1.807, 2.05) is 24.3 Å². The summed E-state index contributed by atoms with van der Waals surface area (Å²) in [5.74, 6) is 1.01. The molecule has 0 saturated heterocycles. The van der Waals surface area contributed by atoms with Crippen molar-refractivity contribution in [3.05, 3.63) is 76.3 Å². The summed E-state index contributed by atoms with van der Waals surface area (Å²) < 4.78 is 12.2. The molecule has 11 heteroatoms. The number of thioether (sulfide) groups is 1. The second-order valence-electron chi connectivity index (χ2n) is 6.91. The highest BCUT2D eigenvalue weighted by atomic mass is 32.2. The fourth-order valence-electron chi connectivity index (χ4n) is 2.94. The van der Waals surface area contributed by atoms with Crippen molar-refractivity contribution >= 4 is 11.8 Å². The summed E-state index contributed by atoms with van der Waals surface area (Å²) in [4.78, 5) is 11.7. The molecule has 0 aliphatic heterocycles. The van der Waals surface area contributed by atoms with Gasteiger partial charge in [-0.05, 0) is 42.0 Å². The quantitative estimate of drug-likeness (QED) is 0.225. The number of hydrogen-bond acceptors (Lipinski definition) is 10. The van der Waals surface area contributed by atoms with Gasteiger partial charge in [-0.1, -0.05) is 17.8 Å². The fourth-order valence-corrected chi connectivity index (χ4v) is 3.74. The maximum absolute atomic E-state index is 11.7. The van der Waals surface area contributed by atoms with Gasteiger partial charge in [0.1, 0.15) is 17.8 Å². The number of aromatic hydroxyl groups is 3. The van der Waals surface area contributed by atoms with Crippen LogP contribution in [0.25, 0.3) is 11.4 Å². The van der Waals surface area contributed by atoms with Crippen LogP contribution in [0.5, 0.6) is 23.0 Å². The maximum atomic E-state index is 11.7. The Hall–Kier alpha value is -4.12. The van der Waals surface area contributed by atoms with Gasteiger partial charge in [0.2, 0.25) is 10.6 Å². The van der Waals surface area contributed by atoms with E-state index in [2.05, 4.69) is 15.6 Å². The minimum Gasteiger partial charge on any atom is -0.504 e. The molecule has 0 bridgehead atoms. The molecular formula is C22H20N4O6S. The van der Waals surface area contributed by atoms with Crippen LogP contribution in [0.3, 0.4) is 0 Å². The first kappa shape index (κ1) is 22.1. The number of ether oxygens (including phenoxy) is 1. The Morgan fingerprint density at radius 3 is 2.52 bits per heavy atom. The molecule has 33 heavy (non-hydrogen) atoms. The van der Waals surface area contributed by atoms with Crippen molar-refractivity contribution < 1.29 is 24.5 Å². The molecular weight excluding hydrogens is 448 g/mol. The van der Waals surface area contributed by atoms with Gasteiger partial charge >= 0.3 is 0 Å². The highest BCUT2D eigenvalue weighted by molar-refractivity contribution is 7.98. The fraction of sp³-hybridized carbons (Fsp3) is 0.136. The average Bonchev–Trinajstić information content (AvgIpc) is 3.23. The van der Waals surface area contributed by atoms with Crippen LogP contribution in [-0.4, -0.2) is 37.3 Å². The molecule has 2 heterocycles. The standard InChI is InChI=1S/C22H20N4O6S/c1-31-15-5-3-14(4-6-15)21-24-25-22(33-12-16-9-19(29)20(30)11-32-16)26(21)23-10-13-2-7-17(27)18(28)8-13/h2-9,11,23,27-28,30H,10,12H2,1H3. The van der Waals surface area contributed by atoms with Crippen LogP contribution in [0, 0.1) is 0 Å². The SMILES string of the molecule is COc1ccc(-c2nnc(SCc3cc(=O)c(O)co3)n2NCc2ccc(O)c(O)c2)cc1. The Morgan fingerprint density at radius 2 is 1.82 bits per heavy atom. The Bertz CT molecular complexity index is 1320. The number of rotatable bonds is 8. The van der Waals surface area contributed by atoms with Crippen LogP contribution in [0.4, 0.5) is 0 Å². The summed E-state index contributed by atoms with van der Waals surface area (Å²) in [6.45, 7) is 0.302. The van der Waals surface area contributed by atoms with E-state index in [0.717, 1.165) is 17.4 Å².